The summed E-state index contributed by atoms with van der Waals surface area (Å²) in [5, 5.41) is 19.2. The Kier molecular flexibility index (Phi) is 4.79. The molecule has 0 saturated carbocycles. The van der Waals surface area contributed by atoms with Crippen LogP contribution in [0.1, 0.15) is 15.9 Å². The SMILES string of the molecule is CN(C)[C@H]1CN(C(=O)c2cccc(-c3cc(C#N)ccn3)c2)C[C@@H]1O. The number of likely N-dealkylation sites (N-methyl/N-ethyl adjacent to an activating group) is 1. The van der Waals surface area contributed by atoms with Crippen LogP contribution in [0.15, 0.2) is 42.6 Å². The molecule has 1 saturated heterocycles. The summed E-state index contributed by atoms with van der Waals surface area (Å²) in [5.74, 6) is -0.110. The van der Waals surface area contributed by atoms with Gasteiger partial charge in [-0.3, -0.25) is 9.78 Å². The second-order valence-corrected chi connectivity index (χ2v) is 6.43. The number of pyridine rings is 1. The predicted octanol–water partition coefficient (Wildman–Crippen LogP) is 1.37. The van der Waals surface area contributed by atoms with Crippen LogP contribution in [0.4, 0.5) is 0 Å². The summed E-state index contributed by atoms with van der Waals surface area (Å²) in [6.07, 6.45) is 1.04. The molecular weight excluding hydrogens is 316 g/mol. The minimum absolute atomic E-state index is 0.0545. The number of β-amino-alcohol motifs (C(OH)–C–C–N with tert-alkyl or cyclic N) is 1. The van der Waals surface area contributed by atoms with Gasteiger partial charge in [0.1, 0.15) is 0 Å². The topological polar surface area (TPSA) is 80.5 Å². The van der Waals surface area contributed by atoms with Gasteiger partial charge in [-0.1, -0.05) is 12.1 Å². The van der Waals surface area contributed by atoms with Crippen molar-refractivity contribution in [1.29, 1.82) is 5.26 Å². The maximum Gasteiger partial charge on any atom is 0.254 e. The second kappa shape index (κ2) is 7.01. The van der Waals surface area contributed by atoms with Crippen LogP contribution in [0.25, 0.3) is 11.3 Å². The minimum atomic E-state index is -0.545. The molecular formula is C19H20N4O2. The van der Waals surface area contributed by atoms with Crippen LogP contribution in [-0.4, -0.2) is 65.1 Å². The Labute approximate surface area is 146 Å². The maximum absolute atomic E-state index is 12.8. The van der Waals surface area contributed by atoms with E-state index >= 15 is 0 Å². The lowest BCUT2D eigenvalue weighted by atomic mass is 10.1. The number of carbonyl (C=O) groups is 1. The highest BCUT2D eigenvalue weighted by atomic mass is 16.3. The molecule has 2 atom stereocenters. The zero-order valence-corrected chi connectivity index (χ0v) is 14.3. The molecule has 0 spiro atoms. The van der Waals surface area contributed by atoms with Crippen molar-refractivity contribution in [2.45, 2.75) is 12.1 Å². The van der Waals surface area contributed by atoms with Crippen LogP contribution in [0, 0.1) is 11.3 Å². The summed E-state index contributed by atoms with van der Waals surface area (Å²) in [6.45, 7) is 0.827. The summed E-state index contributed by atoms with van der Waals surface area (Å²) < 4.78 is 0. The quantitative estimate of drug-likeness (QED) is 0.915. The van der Waals surface area contributed by atoms with Crippen molar-refractivity contribution in [2.75, 3.05) is 27.2 Å². The number of benzene rings is 1. The van der Waals surface area contributed by atoms with Gasteiger partial charge in [0, 0.05) is 30.4 Å². The average molecular weight is 336 g/mol. The highest BCUT2D eigenvalue weighted by molar-refractivity contribution is 5.95. The number of rotatable bonds is 3. The van der Waals surface area contributed by atoms with E-state index in [1.54, 1.807) is 41.4 Å². The fourth-order valence-electron chi connectivity index (χ4n) is 3.09. The van der Waals surface area contributed by atoms with Gasteiger partial charge in [0.15, 0.2) is 0 Å². The van der Waals surface area contributed by atoms with Gasteiger partial charge in [-0.05, 0) is 38.4 Å². The van der Waals surface area contributed by atoms with E-state index < -0.39 is 6.10 Å². The Morgan fingerprint density at radius 2 is 2.12 bits per heavy atom. The number of likely N-dealkylation sites (tertiary alicyclic amines) is 1. The smallest absolute Gasteiger partial charge is 0.254 e. The Morgan fingerprint density at radius 1 is 1.32 bits per heavy atom. The molecule has 2 heterocycles. The van der Waals surface area contributed by atoms with Gasteiger partial charge in [-0.15, -0.1) is 0 Å². The molecule has 6 nitrogen and oxygen atoms in total. The number of amides is 1. The van der Waals surface area contributed by atoms with Crippen LogP contribution in [-0.2, 0) is 0 Å². The third-order valence-electron chi connectivity index (χ3n) is 4.50. The lowest BCUT2D eigenvalue weighted by Crippen LogP contribution is -2.38. The van der Waals surface area contributed by atoms with E-state index in [0.717, 1.165) is 5.56 Å². The van der Waals surface area contributed by atoms with Crippen molar-refractivity contribution in [3.8, 4) is 17.3 Å². The number of aliphatic hydroxyl groups excluding tert-OH is 1. The zero-order chi connectivity index (χ0) is 18.0. The molecule has 128 valence electrons. The monoisotopic (exact) mass is 336 g/mol. The van der Waals surface area contributed by atoms with Gasteiger partial charge in [0.05, 0.1) is 29.5 Å². The van der Waals surface area contributed by atoms with Gasteiger partial charge >= 0.3 is 0 Å². The summed E-state index contributed by atoms with van der Waals surface area (Å²) >= 11 is 0. The highest BCUT2D eigenvalue weighted by Crippen LogP contribution is 2.22. The van der Waals surface area contributed by atoms with Crippen molar-refractivity contribution < 1.29 is 9.90 Å². The molecule has 3 rings (SSSR count). The molecule has 6 heteroatoms. The van der Waals surface area contributed by atoms with Gasteiger partial charge in [0.2, 0.25) is 0 Å². The van der Waals surface area contributed by atoms with E-state index in [0.29, 0.717) is 29.9 Å². The Morgan fingerprint density at radius 3 is 2.80 bits per heavy atom. The number of carbonyl (C=O) groups excluding carboxylic acids is 1. The molecule has 1 amide bonds. The number of nitrogens with zero attached hydrogens (tertiary/aromatic N) is 4. The van der Waals surface area contributed by atoms with Crippen LogP contribution in [0.2, 0.25) is 0 Å². The maximum atomic E-state index is 12.8. The van der Waals surface area contributed by atoms with E-state index in [1.807, 2.05) is 25.1 Å². The molecule has 1 N–H and O–H groups in total. The van der Waals surface area contributed by atoms with Crippen LogP contribution >= 0.6 is 0 Å². The minimum Gasteiger partial charge on any atom is -0.390 e. The standard InChI is InChI=1S/C19H20N4O2/c1-22(2)17-11-23(12-18(17)24)19(25)15-5-3-4-14(9-15)16-8-13(10-20)6-7-21-16/h3-9,17-18,24H,11-12H2,1-2H3/t17-,18-/m0/s1. The normalized spacial score (nSPS) is 19.9. The van der Waals surface area contributed by atoms with Crippen LogP contribution < -0.4 is 0 Å². The highest BCUT2D eigenvalue weighted by Gasteiger charge is 2.35. The van der Waals surface area contributed by atoms with Crippen molar-refractivity contribution in [1.82, 2.24) is 14.8 Å². The zero-order valence-electron chi connectivity index (χ0n) is 14.3. The molecule has 1 aliphatic rings. The van der Waals surface area contributed by atoms with Gasteiger partial charge < -0.3 is 14.9 Å². The van der Waals surface area contributed by atoms with Gasteiger partial charge in [-0.25, -0.2) is 0 Å². The van der Waals surface area contributed by atoms with E-state index in [-0.39, 0.29) is 11.9 Å². The van der Waals surface area contributed by atoms with E-state index in [9.17, 15) is 9.90 Å². The lowest BCUT2D eigenvalue weighted by molar-refractivity contribution is 0.0764. The summed E-state index contributed by atoms with van der Waals surface area (Å²) in [7, 11) is 3.80. The Bertz CT molecular complexity index is 828. The number of aromatic nitrogens is 1. The molecule has 1 aliphatic heterocycles. The fourth-order valence-corrected chi connectivity index (χ4v) is 3.09. The predicted molar refractivity (Wildman–Crippen MR) is 93.8 cm³/mol. The number of aliphatic hydroxyl groups is 1. The largest absolute Gasteiger partial charge is 0.390 e. The summed E-state index contributed by atoms with van der Waals surface area (Å²) in [5.41, 5.74) is 2.51. The molecule has 0 radical (unpaired) electrons. The van der Waals surface area contributed by atoms with E-state index in [1.165, 1.54) is 0 Å². The lowest BCUT2D eigenvalue weighted by Gasteiger charge is -2.21. The number of nitriles is 1. The van der Waals surface area contributed by atoms with Crippen molar-refractivity contribution in [3.05, 3.63) is 53.7 Å². The first kappa shape index (κ1) is 17.1. The van der Waals surface area contributed by atoms with Crippen molar-refractivity contribution in [3.63, 3.8) is 0 Å². The van der Waals surface area contributed by atoms with Crippen molar-refractivity contribution >= 4 is 5.91 Å². The number of hydrogen-bond donors (Lipinski definition) is 1. The molecule has 0 aliphatic carbocycles. The molecule has 2 aromatic rings. The van der Waals surface area contributed by atoms with Gasteiger partial charge in [0.25, 0.3) is 5.91 Å². The Balaban J connectivity index is 1.84. The molecule has 0 unspecified atom stereocenters. The summed E-state index contributed by atoms with van der Waals surface area (Å²) in [4.78, 5) is 20.7. The first-order chi connectivity index (χ1) is 12.0. The van der Waals surface area contributed by atoms with Crippen LogP contribution in [0.5, 0.6) is 0 Å². The fraction of sp³-hybridized carbons (Fsp3) is 0.316. The third-order valence-corrected chi connectivity index (χ3v) is 4.50. The molecule has 0 bridgehead atoms. The molecule has 25 heavy (non-hydrogen) atoms. The first-order valence-corrected chi connectivity index (χ1v) is 8.10. The van der Waals surface area contributed by atoms with Crippen molar-refractivity contribution in [2.24, 2.45) is 0 Å². The number of hydrogen-bond acceptors (Lipinski definition) is 5. The third kappa shape index (κ3) is 3.53. The molecule has 1 fully saturated rings. The van der Waals surface area contributed by atoms with E-state index in [2.05, 4.69) is 11.1 Å². The van der Waals surface area contributed by atoms with Gasteiger partial charge in [-0.2, -0.15) is 5.26 Å². The average Bonchev–Trinajstić information content (AvgIpc) is 3.03. The van der Waals surface area contributed by atoms with Crippen LogP contribution in [0.3, 0.4) is 0 Å². The summed E-state index contributed by atoms with van der Waals surface area (Å²) in [6, 6.07) is 12.6. The molecule has 1 aromatic carbocycles. The Hall–Kier alpha value is -2.75. The first-order valence-electron chi connectivity index (χ1n) is 8.10. The molecule has 1 aromatic heterocycles. The van der Waals surface area contributed by atoms with E-state index in [4.69, 9.17) is 5.26 Å². The second-order valence-electron chi connectivity index (χ2n) is 6.43.